The van der Waals surface area contributed by atoms with Crippen LogP contribution in [0.1, 0.15) is 53.3 Å². The lowest BCUT2D eigenvalue weighted by Crippen LogP contribution is -2.53. The Bertz CT molecular complexity index is 810. The highest BCUT2D eigenvalue weighted by Gasteiger charge is 2.34. The molecule has 2 unspecified atom stereocenters. The largest absolute Gasteiger partial charge is 0.366 e. The van der Waals surface area contributed by atoms with Crippen molar-refractivity contribution in [1.82, 2.24) is 15.1 Å². The Morgan fingerprint density at radius 2 is 1.93 bits per heavy atom. The fourth-order valence-corrected chi connectivity index (χ4v) is 4.06. The molecule has 0 saturated carbocycles. The summed E-state index contributed by atoms with van der Waals surface area (Å²) in [5.41, 5.74) is 5.93. The Balaban J connectivity index is 1.59. The number of hydrogen-bond acceptors (Lipinski definition) is 4. The molecule has 4 amide bonds. The zero-order valence-electron chi connectivity index (χ0n) is 16.7. The molecule has 0 bridgehead atoms. The Labute approximate surface area is 170 Å². The third kappa shape index (κ3) is 4.93. The van der Waals surface area contributed by atoms with Crippen LogP contribution in [0.2, 0.25) is 0 Å². The normalized spacial score (nSPS) is 22.3. The average Bonchev–Trinajstić information content (AvgIpc) is 2.73. The summed E-state index contributed by atoms with van der Waals surface area (Å²) in [6.45, 7) is 4.13. The molecule has 156 valence electrons. The number of benzene rings is 1. The average molecular weight is 400 g/mol. The second kappa shape index (κ2) is 9.07. The van der Waals surface area contributed by atoms with Crippen LogP contribution in [-0.4, -0.2) is 65.6 Å². The monoisotopic (exact) mass is 400 g/mol. The summed E-state index contributed by atoms with van der Waals surface area (Å²) < 4.78 is 0. The van der Waals surface area contributed by atoms with Gasteiger partial charge in [0.05, 0.1) is 5.92 Å². The minimum absolute atomic E-state index is 0.0608. The SMILES string of the molecule is CCN1CC(C(=O)N2CCCC(NC(=O)c3cccc(C(N)=O)c3)C2)CCC1=O. The van der Waals surface area contributed by atoms with Gasteiger partial charge < -0.3 is 20.9 Å². The highest BCUT2D eigenvalue weighted by atomic mass is 16.2. The number of piperidine rings is 2. The quantitative estimate of drug-likeness (QED) is 0.760. The van der Waals surface area contributed by atoms with Crippen LogP contribution in [-0.2, 0) is 9.59 Å². The van der Waals surface area contributed by atoms with Crippen LogP contribution in [0.3, 0.4) is 0 Å². The van der Waals surface area contributed by atoms with Crippen molar-refractivity contribution in [3.8, 4) is 0 Å². The molecule has 2 heterocycles. The number of likely N-dealkylation sites (tertiary alicyclic amines) is 2. The second-order valence-electron chi connectivity index (χ2n) is 7.71. The maximum absolute atomic E-state index is 13.0. The summed E-state index contributed by atoms with van der Waals surface area (Å²) in [6, 6.07) is 6.14. The Morgan fingerprint density at radius 3 is 2.66 bits per heavy atom. The zero-order valence-corrected chi connectivity index (χ0v) is 16.7. The van der Waals surface area contributed by atoms with E-state index in [0.29, 0.717) is 44.6 Å². The molecule has 3 rings (SSSR count). The van der Waals surface area contributed by atoms with Gasteiger partial charge in [-0.1, -0.05) is 6.07 Å². The van der Waals surface area contributed by atoms with E-state index in [2.05, 4.69) is 5.32 Å². The summed E-state index contributed by atoms with van der Waals surface area (Å²) in [5, 5.41) is 2.97. The van der Waals surface area contributed by atoms with E-state index in [4.69, 9.17) is 5.73 Å². The van der Waals surface area contributed by atoms with Gasteiger partial charge >= 0.3 is 0 Å². The summed E-state index contributed by atoms with van der Waals surface area (Å²) in [6.07, 6.45) is 2.59. The van der Waals surface area contributed by atoms with Gasteiger partial charge in [-0.05, 0) is 44.4 Å². The molecule has 0 aromatic heterocycles. The lowest BCUT2D eigenvalue weighted by atomic mass is 9.94. The van der Waals surface area contributed by atoms with Crippen molar-refractivity contribution in [1.29, 1.82) is 0 Å². The van der Waals surface area contributed by atoms with E-state index in [9.17, 15) is 19.2 Å². The molecular weight excluding hydrogens is 372 g/mol. The third-order valence-corrected chi connectivity index (χ3v) is 5.71. The van der Waals surface area contributed by atoms with Crippen molar-refractivity contribution in [2.75, 3.05) is 26.2 Å². The van der Waals surface area contributed by atoms with E-state index in [-0.39, 0.29) is 35.2 Å². The van der Waals surface area contributed by atoms with Gasteiger partial charge in [0.2, 0.25) is 17.7 Å². The summed E-state index contributed by atoms with van der Waals surface area (Å²) in [4.78, 5) is 52.3. The first-order valence-electron chi connectivity index (χ1n) is 10.2. The number of hydrogen-bond donors (Lipinski definition) is 2. The van der Waals surface area contributed by atoms with Gasteiger partial charge in [-0.2, -0.15) is 0 Å². The highest BCUT2D eigenvalue weighted by Crippen LogP contribution is 2.22. The van der Waals surface area contributed by atoms with Gasteiger partial charge in [-0.15, -0.1) is 0 Å². The van der Waals surface area contributed by atoms with Gasteiger partial charge in [0.15, 0.2) is 0 Å². The molecule has 0 aliphatic carbocycles. The van der Waals surface area contributed by atoms with Crippen molar-refractivity contribution in [2.24, 2.45) is 11.7 Å². The van der Waals surface area contributed by atoms with Crippen LogP contribution < -0.4 is 11.1 Å². The van der Waals surface area contributed by atoms with Crippen LogP contribution in [0.15, 0.2) is 24.3 Å². The number of rotatable bonds is 5. The number of nitrogens with zero attached hydrogens (tertiary/aromatic N) is 2. The number of amides is 4. The van der Waals surface area contributed by atoms with Gasteiger partial charge in [0, 0.05) is 49.8 Å². The summed E-state index contributed by atoms with van der Waals surface area (Å²) in [5.74, 6) is -0.868. The third-order valence-electron chi connectivity index (χ3n) is 5.71. The Hall–Kier alpha value is -2.90. The molecule has 0 radical (unpaired) electrons. The molecule has 8 heteroatoms. The number of nitrogens with one attached hydrogen (secondary N) is 1. The van der Waals surface area contributed by atoms with Crippen LogP contribution >= 0.6 is 0 Å². The Kier molecular flexibility index (Phi) is 6.51. The van der Waals surface area contributed by atoms with Crippen molar-refractivity contribution in [2.45, 2.75) is 38.6 Å². The number of carbonyl (C=O) groups excluding carboxylic acids is 4. The topological polar surface area (TPSA) is 113 Å². The molecule has 2 fully saturated rings. The summed E-state index contributed by atoms with van der Waals surface area (Å²) >= 11 is 0. The van der Waals surface area contributed by atoms with E-state index in [1.165, 1.54) is 6.07 Å². The molecular formula is C21H28N4O4. The van der Waals surface area contributed by atoms with Crippen LogP contribution in [0.4, 0.5) is 0 Å². The lowest BCUT2D eigenvalue weighted by Gasteiger charge is -2.38. The van der Waals surface area contributed by atoms with Crippen molar-refractivity contribution < 1.29 is 19.2 Å². The molecule has 0 spiro atoms. The van der Waals surface area contributed by atoms with Crippen molar-refractivity contribution in [3.63, 3.8) is 0 Å². The Morgan fingerprint density at radius 1 is 1.17 bits per heavy atom. The van der Waals surface area contributed by atoms with E-state index in [1.54, 1.807) is 23.1 Å². The molecule has 2 aliphatic heterocycles. The predicted octanol–water partition coefficient (Wildman–Crippen LogP) is 0.765. The number of primary amides is 1. The van der Waals surface area contributed by atoms with Crippen LogP contribution in [0, 0.1) is 5.92 Å². The van der Waals surface area contributed by atoms with Gasteiger partial charge in [-0.25, -0.2) is 0 Å². The van der Waals surface area contributed by atoms with Gasteiger partial charge in [0.25, 0.3) is 5.91 Å². The van der Waals surface area contributed by atoms with E-state index in [0.717, 1.165) is 12.8 Å². The standard InChI is InChI=1S/C21H28N4O4/c1-2-24-12-16(8-9-18(24)26)21(29)25-10-4-7-17(13-25)23-20(28)15-6-3-5-14(11-15)19(22)27/h3,5-6,11,16-17H,2,4,7-10,12-13H2,1H3,(H2,22,27)(H,23,28). The fraction of sp³-hybridized carbons (Fsp3) is 0.524. The smallest absolute Gasteiger partial charge is 0.251 e. The van der Waals surface area contributed by atoms with E-state index in [1.807, 2.05) is 11.8 Å². The maximum atomic E-state index is 13.0. The molecule has 3 N–H and O–H groups in total. The van der Waals surface area contributed by atoms with Crippen molar-refractivity contribution in [3.05, 3.63) is 35.4 Å². The maximum Gasteiger partial charge on any atom is 0.251 e. The fourth-order valence-electron chi connectivity index (χ4n) is 4.06. The minimum atomic E-state index is -0.582. The molecule has 1 aromatic rings. The molecule has 1 aromatic carbocycles. The lowest BCUT2D eigenvalue weighted by molar-refractivity contribution is -0.143. The minimum Gasteiger partial charge on any atom is -0.366 e. The molecule has 8 nitrogen and oxygen atoms in total. The van der Waals surface area contributed by atoms with Crippen LogP contribution in [0.25, 0.3) is 0 Å². The predicted molar refractivity (Wildman–Crippen MR) is 107 cm³/mol. The second-order valence-corrected chi connectivity index (χ2v) is 7.71. The van der Waals surface area contributed by atoms with E-state index < -0.39 is 5.91 Å². The molecule has 2 aliphatic rings. The molecule has 29 heavy (non-hydrogen) atoms. The van der Waals surface area contributed by atoms with Crippen molar-refractivity contribution >= 4 is 23.6 Å². The first kappa shape index (κ1) is 20.8. The van der Waals surface area contributed by atoms with Gasteiger partial charge in [-0.3, -0.25) is 19.2 Å². The van der Waals surface area contributed by atoms with Crippen LogP contribution in [0.5, 0.6) is 0 Å². The summed E-state index contributed by atoms with van der Waals surface area (Å²) in [7, 11) is 0. The zero-order chi connectivity index (χ0) is 21.0. The number of nitrogens with two attached hydrogens (primary N) is 1. The first-order chi connectivity index (χ1) is 13.9. The highest BCUT2D eigenvalue weighted by molar-refractivity contribution is 5.99. The molecule has 2 atom stereocenters. The van der Waals surface area contributed by atoms with E-state index >= 15 is 0 Å². The molecule has 2 saturated heterocycles. The first-order valence-corrected chi connectivity index (χ1v) is 10.2. The van der Waals surface area contributed by atoms with Gasteiger partial charge in [0.1, 0.15) is 0 Å². The number of carbonyl (C=O) groups is 4.